The first-order valence-electron chi connectivity index (χ1n) is 6.24. The molecule has 2 heterocycles. The Kier molecular flexibility index (Phi) is 2.77. The number of carbonyl (C=O) groups is 1. The Morgan fingerprint density at radius 1 is 1.42 bits per heavy atom. The molecule has 0 saturated heterocycles. The van der Waals surface area contributed by atoms with Crippen LogP contribution in [0.5, 0.6) is 0 Å². The lowest BCUT2D eigenvalue weighted by Crippen LogP contribution is -2.15. The molecule has 6 heteroatoms. The SMILES string of the molecule is Cn1cc(-c2cnc(C3CCC3)nc2C(=O)O)cn1. The van der Waals surface area contributed by atoms with Crippen LogP contribution in [0.15, 0.2) is 18.6 Å². The second-order valence-electron chi connectivity index (χ2n) is 4.83. The summed E-state index contributed by atoms with van der Waals surface area (Å²) in [6.07, 6.45) is 8.24. The first-order chi connectivity index (χ1) is 9.15. The zero-order chi connectivity index (χ0) is 13.4. The Morgan fingerprint density at radius 3 is 2.74 bits per heavy atom. The maximum absolute atomic E-state index is 11.4. The second-order valence-corrected chi connectivity index (χ2v) is 4.83. The quantitative estimate of drug-likeness (QED) is 0.908. The molecule has 98 valence electrons. The van der Waals surface area contributed by atoms with Crippen LogP contribution >= 0.6 is 0 Å². The van der Waals surface area contributed by atoms with Gasteiger partial charge >= 0.3 is 5.97 Å². The van der Waals surface area contributed by atoms with Gasteiger partial charge in [0.1, 0.15) is 5.82 Å². The van der Waals surface area contributed by atoms with Gasteiger partial charge in [-0.3, -0.25) is 4.68 Å². The summed E-state index contributed by atoms with van der Waals surface area (Å²) < 4.78 is 1.63. The highest BCUT2D eigenvalue weighted by atomic mass is 16.4. The van der Waals surface area contributed by atoms with Crippen molar-refractivity contribution in [1.29, 1.82) is 0 Å². The minimum Gasteiger partial charge on any atom is -0.476 e. The molecule has 6 nitrogen and oxygen atoms in total. The summed E-state index contributed by atoms with van der Waals surface area (Å²) in [6, 6.07) is 0. The largest absolute Gasteiger partial charge is 0.476 e. The predicted molar refractivity (Wildman–Crippen MR) is 67.8 cm³/mol. The molecule has 1 fully saturated rings. The van der Waals surface area contributed by atoms with E-state index in [-0.39, 0.29) is 5.69 Å². The molecule has 2 aromatic rings. The van der Waals surface area contributed by atoms with E-state index in [9.17, 15) is 9.90 Å². The Balaban J connectivity index is 2.06. The molecule has 3 rings (SSSR count). The molecule has 0 unspecified atom stereocenters. The van der Waals surface area contributed by atoms with Crippen LogP contribution in [0.4, 0.5) is 0 Å². The molecule has 19 heavy (non-hydrogen) atoms. The number of nitrogens with zero attached hydrogens (tertiary/aromatic N) is 4. The number of carboxylic acids is 1. The van der Waals surface area contributed by atoms with Crippen LogP contribution in [0.25, 0.3) is 11.1 Å². The Bertz CT molecular complexity index is 631. The summed E-state index contributed by atoms with van der Waals surface area (Å²) in [6.45, 7) is 0. The van der Waals surface area contributed by atoms with Gasteiger partial charge < -0.3 is 5.11 Å². The third kappa shape index (κ3) is 2.09. The van der Waals surface area contributed by atoms with Crippen molar-refractivity contribution in [2.45, 2.75) is 25.2 Å². The van der Waals surface area contributed by atoms with Crippen LogP contribution in [0.3, 0.4) is 0 Å². The molecule has 0 amide bonds. The second kappa shape index (κ2) is 4.46. The average molecular weight is 258 g/mol. The number of aromatic nitrogens is 4. The molecule has 1 saturated carbocycles. The standard InChI is InChI=1S/C13H14N4O2/c1-17-7-9(5-15-17)10-6-14-12(8-3-2-4-8)16-11(10)13(18)19/h5-8H,2-4H2,1H3,(H,18,19). The zero-order valence-corrected chi connectivity index (χ0v) is 10.6. The van der Waals surface area contributed by atoms with Crippen LogP contribution < -0.4 is 0 Å². The minimum atomic E-state index is -1.03. The lowest BCUT2D eigenvalue weighted by atomic mass is 9.84. The highest BCUT2D eigenvalue weighted by Gasteiger charge is 2.25. The topological polar surface area (TPSA) is 80.9 Å². The number of hydrogen-bond donors (Lipinski definition) is 1. The molecule has 1 N–H and O–H groups in total. The summed E-state index contributed by atoms with van der Waals surface area (Å²) in [4.78, 5) is 19.9. The van der Waals surface area contributed by atoms with Gasteiger partial charge in [0, 0.05) is 36.5 Å². The lowest BCUT2D eigenvalue weighted by Gasteiger charge is -2.23. The lowest BCUT2D eigenvalue weighted by molar-refractivity contribution is 0.0690. The Morgan fingerprint density at radius 2 is 2.21 bits per heavy atom. The van der Waals surface area contributed by atoms with Gasteiger partial charge in [-0.1, -0.05) is 6.42 Å². The zero-order valence-electron chi connectivity index (χ0n) is 10.6. The third-order valence-corrected chi connectivity index (χ3v) is 3.50. The molecular formula is C13H14N4O2. The fraction of sp³-hybridized carbons (Fsp3) is 0.385. The molecule has 1 aliphatic rings. The van der Waals surface area contributed by atoms with Gasteiger partial charge in [-0.05, 0) is 12.8 Å². The van der Waals surface area contributed by atoms with E-state index in [4.69, 9.17) is 0 Å². The summed E-state index contributed by atoms with van der Waals surface area (Å²) in [5.74, 6) is -0.0563. The molecule has 2 aromatic heterocycles. The van der Waals surface area contributed by atoms with Crippen LogP contribution in [0, 0.1) is 0 Å². The summed E-state index contributed by atoms with van der Waals surface area (Å²) in [5, 5.41) is 13.4. The molecule has 0 atom stereocenters. The molecule has 0 aliphatic heterocycles. The van der Waals surface area contributed by atoms with Crippen LogP contribution in [-0.2, 0) is 7.05 Å². The third-order valence-electron chi connectivity index (χ3n) is 3.50. The normalized spacial score (nSPS) is 15.2. The van der Waals surface area contributed by atoms with Crippen molar-refractivity contribution in [3.05, 3.63) is 30.1 Å². The van der Waals surface area contributed by atoms with Crippen molar-refractivity contribution in [2.24, 2.45) is 7.05 Å². The van der Waals surface area contributed by atoms with Crippen molar-refractivity contribution in [3.63, 3.8) is 0 Å². The van der Waals surface area contributed by atoms with Gasteiger partial charge in [0.15, 0.2) is 5.69 Å². The maximum atomic E-state index is 11.4. The molecule has 0 bridgehead atoms. The van der Waals surface area contributed by atoms with E-state index in [1.165, 1.54) is 6.42 Å². The fourth-order valence-electron chi connectivity index (χ4n) is 2.19. The van der Waals surface area contributed by atoms with E-state index in [0.29, 0.717) is 17.3 Å². The number of hydrogen-bond acceptors (Lipinski definition) is 4. The number of carboxylic acid groups (broad SMARTS) is 1. The van der Waals surface area contributed by atoms with Gasteiger partial charge in [0.25, 0.3) is 0 Å². The van der Waals surface area contributed by atoms with Crippen molar-refractivity contribution >= 4 is 5.97 Å². The number of aryl methyl sites for hydroxylation is 1. The predicted octanol–water partition coefficient (Wildman–Crippen LogP) is 1.84. The number of rotatable bonds is 3. The van der Waals surface area contributed by atoms with Crippen LogP contribution in [-0.4, -0.2) is 30.8 Å². The van der Waals surface area contributed by atoms with Crippen molar-refractivity contribution in [2.75, 3.05) is 0 Å². The van der Waals surface area contributed by atoms with Gasteiger partial charge in [-0.15, -0.1) is 0 Å². The van der Waals surface area contributed by atoms with E-state index >= 15 is 0 Å². The fourth-order valence-corrected chi connectivity index (χ4v) is 2.19. The minimum absolute atomic E-state index is 0.0601. The van der Waals surface area contributed by atoms with Gasteiger partial charge in [-0.25, -0.2) is 14.8 Å². The highest BCUT2D eigenvalue weighted by Crippen LogP contribution is 2.35. The van der Waals surface area contributed by atoms with E-state index in [0.717, 1.165) is 18.4 Å². The van der Waals surface area contributed by atoms with Crippen molar-refractivity contribution in [3.8, 4) is 11.1 Å². The first kappa shape index (κ1) is 11.8. The van der Waals surface area contributed by atoms with Crippen molar-refractivity contribution < 1.29 is 9.90 Å². The van der Waals surface area contributed by atoms with E-state index in [1.807, 2.05) is 0 Å². The first-order valence-corrected chi connectivity index (χ1v) is 6.24. The Hall–Kier alpha value is -2.24. The molecular weight excluding hydrogens is 244 g/mol. The smallest absolute Gasteiger partial charge is 0.355 e. The van der Waals surface area contributed by atoms with Gasteiger partial charge in [0.05, 0.1) is 6.20 Å². The van der Waals surface area contributed by atoms with Gasteiger partial charge in [0.2, 0.25) is 0 Å². The summed E-state index contributed by atoms with van der Waals surface area (Å²) >= 11 is 0. The average Bonchev–Trinajstić information content (AvgIpc) is 2.73. The monoisotopic (exact) mass is 258 g/mol. The van der Waals surface area contributed by atoms with Crippen LogP contribution in [0.1, 0.15) is 41.5 Å². The Labute approximate surface area is 110 Å². The van der Waals surface area contributed by atoms with Crippen LogP contribution in [0.2, 0.25) is 0 Å². The maximum Gasteiger partial charge on any atom is 0.355 e. The summed E-state index contributed by atoms with van der Waals surface area (Å²) in [5.41, 5.74) is 1.30. The summed E-state index contributed by atoms with van der Waals surface area (Å²) in [7, 11) is 1.79. The van der Waals surface area contributed by atoms with E-state index in [2.05, 4.69) is 15.1 Å². The van der Waals surface area contributed by atoms with E-state index in [1.54, 1.807) is 30.3 Å². The van der Waals surface area contributed by atoms with Crippen molar-refractivity contribution in [1.82, 2.24) is 19.7 Å². The molecule has 1 aliphatic carbocycles. The van der Waals surface area contributed by atoms with E-state index < -0.39 is 5.97 Å². The molecule has 0 spiro atoms. The molecule has 0 aromatic carbocycles. The molecule has 0 radical (unpaired) electrons. The number of aromatic carboxylic acids is 1. The van der Waals surface area contributed by atoms with Gasteiger partial charge in [-0.2, -0.15) is 5.10 Å². The highest BCUT2D eigenvalue weighted by molar-refractivity contribution is 5.93.